The van der Waals surface area contributed by atoms with Crippen molar-refractivity contribution in [1.29, 1.82) is 5.26 Å². The summed E-state index contributed by atoms with van der Waals surface area (Å²) in [5, 5.41) is 21.4. The molecular formula is C18H15N5O2S. The average molecular weight is 365 g/mol. The number of piperidine rings is 1. The van der Waals surface area contributed by atoms with Gasteiger partial charge in [-0.05, 0) is 25.0 Å². The highest BCUT2D eigenvalue weighted by Gasteiger charge is 2.27. The Labute approximate surface area is 153 Å². The molecule has 0 amide bonds. The van der Waals surface area contributed by atoms with Gasteiger partial charge >= 0.3 is 0 Å². The summed E-state index contributed by atoms with van der Waals surface area (Å²) in [4.78, 5) is 21.4. The van der Waals surface area contributed by atoms with Crippen molar-refractivity contribution in [2.45, 2.75) is 18.8 Å². The normalized spacial score (nSPS) is 17.2. The van der Waals surface area contributed by atoms with E-state index in [1.807, 2.05) is 29.2 Å². The molecule has 0 bridgehead atoms. The third-order valence-corrected chi connectivity index (χ3v) is 5.76. The molecule has 7 nitrogen and oxygen atoms in total. The Morgan fingerprint density at radius 2 is 2.23 bits per heavy atom. The Morgan fingerprint density at radius 3 is 3.00 bits per heavy atom. The van der Waals surface area contributed by atoms with Crippen molar-refractivity contribution in [1.82, 2.24) is 9.97 Å². The van der Waals surface area contributed by atoms with Crippen LogP contribution in [-0.2, 0) is 0 Å². The van der Waals surface area contributed by atoms with Crippen molar-refractivity contribution in [2.75, 3.05) is 18.0 Å². The predicted molar refractivity (Wildman–Crippen MR) is 99.4 cm³/mol. The molecule has 26 heavy (non-hydrogen) atoms. The van der Waals surface area contributed by atoms with Crippen molar-refractivity contribution in [3.8, 4) is 6.07 Å². The maximum atomic E-state index is 10.9. The van der Waals surface area contributed by atoms with E-state index in [0.29, 0.717) is 12.4 Å². The number of pyridine rings is 1. The number of rotatable bonds is 3. The van der Waals surface area contributed by atoms with Crippen LogP contribution in [0.4, 0.5) is 11.5 Å². The van der Waals surface area contributed by atoms with Crippen LogP contribution >= 0.6 is 11.3 Å². The Morgan fingerprint density at radius 1 is 1.38 bits per heavy atom. The summed E-state index contributed by atoms with van der Waals surface area (Å²) in [7, 11) is 0. The Bertz CT molecular complexity index is 993. The number of anilines is 1. The number of hydrogen-bond acceptors (Lipinski definition) is 7. The zero-order chi connectivity index (χ0) is 18.1. The monoisotopic (exact) mass is 365 g/mol. The van der Waals surface area contributed by atoms with Gasteiger partial charge in [0.05, 0.1) is 20.1 Å². The van der Waals surface area contributed by atoms with E-state index in [0.717, 1.165) is 29.9 Å². The highest BCUT2D eigenvalue weighted by atomic mass is 32.1. The van der Waals surface area contributed by atoms with Gasteiger partial charge in [0.25, 0.3) is 5.69 Å². The summed E-state index contributed by atoms with van der Waals surface area (Å²) in [5.41, 5.74) is 1.09. The summed E-state index contributed by atoms with van der Waals surface area (Å²) in [6.07, 6.45) is 3.22. The summed E-state index contributed by atoms with van der Waals surface area (Å²) >= 11 is 1.70. The number of fused-ring (bicyclic) bond motifs is 1. The van der Waals surface area contributed by atoms with Gasteiger partial charge in [0.15, 0.2) is 0 Å². The fraction of sp³-hybridized carbons (Fsp3) is 0.278. The standard InChI is InChI=1S/C18H15N5O2S/c19-9-13-8-14(23(24)25)10-20-17(13)22-7-3-4-12(11-22)18-21-15-5-1-2-6-16(15)26-18/h1-2,5-6,8,10,12H,3-4,7,11H2. The molecule has 1 atom stereocenters. The first kappa shape index (κ1) is 16.4. The van der Waals surface area contributed by atoms with Gasteiger partial charge in [0.1, 0.15) is 23.6 Å². The Balaban J connectivity index is 1.62. The van der Waals surface area contributed by atoms with E-state index >= 15 is 0 Å². The molecule has 0 radical (unpaired) electrons. The highest BCUT2D eigenvalue weighted by molar-refractivity contribution is 7.18. The smallest absolute Gasteiger partial charge is 0.289 e. The van der Waals surface area contributed by atoms with Crippen LogP contribution in [0.25, 0.3) is 10.2 Å². The molecule has 2 aromatic heterocycles. The predicted octanol–water partition coefficient (Wildman–Crippen LogP) is 3.86. The molecule has 1 fully saturated rings. The molecule has 0 aliphatic carbocycles. The lowest BCUT2D eigenvalue weighted by atomic mass is 9.98. The lowest BCUT2D eigenvalue weighted by Crippen LogP contribution is -2.35. The highest BCUT2D eigenvalue weighted by Crippen LogP contribution is 2.35. The maximum Gasteiger partial charge on any atom is 0.289 e. The number of nitriles is 1. The first-order valence-electron chi connectivity index (χ1n) is 8.30. The van der Waals surface area contributed by atoms with Crippen LogP contribution in [0.2, 0.25) is 0 Å². The van der Waals surface area contributed by atoms with Gasteiger partial charge in [-0.15, -0.1) is 11.3 Å². The molecule has 1 unspecified atom stereocenters. The molecule has 130 valence electrons. The molecule has 8 heteroatoms. The van der Waals surface area contributed by atoms with E-state index in [4.69, 9.17) is 4.98 Å². The van der Waals surface area contributed by atoms with Crippen molar-refractivity contribution in [2.24, 2.45) is 0 Å². The number of aromatic nitrogens is 2. The SMILES string of the molecule is N#Cc1cc([N+](=O)[O-])cnc1N1CCCC(c2nc3ccccc3s2)C1. The lowest BCUT2D eigenvalue weighted by Gasteiger charge is -2.33. The molecule has 1 aliphatic rings. The van der Waals surface area contributed by atoms with Crippen molar-refractivity contribution in [3.63, 3.8) is 0 Å². The van der Waals surface area contributed by atoms with Gasteiger partial charge in [0.2, 0.25) is 0 Å². The summed E-state index contributed by atoms with van der Waals surface area (Å²) in [6, 6.07) is 11.4. The quantitative estimate of drug-likeness (QED) is 0.516. The molecule has 1 aromatic carbocycles. The number of nitro groups is 1. The number of para-hydroxylation sites is 1. The number of nitrogens with zero attached hydrogens (tertiary/aromatic N) is 5. The molecule has 3 heterocycles. The lowest BCUT2D eigenvalue weighted by molar-refractivity contribution is -0.385. The van der Waals surface area contributed by atoms with Gasteiger partial charge in [-0.3, -0.25) is 10.1 Å². The zero-order valence-corrected chi connectivity index (χ0v) is 14.6. The fourth-order valence-corrected chi connectivity index (χ4v) is 4.41. The molecule has 0 spiro atoms. The van der Waals surface area contributed by atoms with Crippen LogP contribution in [0.1, 0.15) is 29.3 Å². The van der Waals surface area contributed by atoms with E-state index in [9.17, 15) is 15.4 Å². The zero-order valence-electron chi connectivity index (χ0n) is 13.8. The van der Waals surface area contributed by atoms with Gasteiger partial charge in [-0.1, -0.05) is 12.1 Å². The van der Waals surface area contributed by atoms with Crippen LogP contribution in [0, 0.1) is 21.4 Å². The van der Waals surface area contributed by atoms with E-state index in [1.54, 1.807) is 11.3 Å². The van der Waals surface area contributed by atoms with Gasteiger partial charge < -0.3 is 4.90 Å². The minimum Gasteiger partial charge on any atom is -0.355 e. The molecule has 1 saturated heterocycles. The minimum atomic E-state index is -0.530. The van der Waals surface area contributed by atoms with Crippen LogP contribution in [-0.4, -0.2) is 28.0 Å². The summed E-state index contributed by atoms with van der Waals surface area (Å²) in [6.45, 7) is 1.49. The second-order valence-electron chi connectivity index (χ2n) is 6.24. The van der Waals surface area contributed by atoms with Crippen molar-refractivity contribution < 1.29 is 4.92 Å². The van der Waals surface area contributed by atoms with Gasteiger partial charge in [-0.25, -0.2) is 9.97 Å². The van der Waals surface area contributed by atoms with Crippen LogP contribution in [0.3, 0.4) is 0 Å². The van der Waals surface area contributed by atoms with Crippen molar-refractivity contribution in [3.05, 3.63) is 57.2 Å². The topological polar surface area (TPSA) is 95.9 Å². The largest absolute Gasteiger partial charge is 0.355 e. The summed E-state index contributed by atoms with van der Waals surface area (Å²) in [5.74, 6) is 0.786. The third-order valence-electron chi connectivity index (χ3n) is 4.56. The second kappa shape index (κ2) is 6.69. The van der Waals surface area contributed by atoms with E-state index in [2.05, 4.69) is 11.1 Å². The van der Waals surface area contributed by atoms with Gasteiger partial charge in [-0.2, -0.15) is 5.26 Å². The third kappa shape index (κ3) is 2.97. The minimum absolute atomic E-state index is 0.162. The van der Waals surface area contributed by atoms with Crippen LogP contribution < -0.4 is 4.90 Å². The fourth-order valence-electron chi connectivity index (χ4n) is 3.32. The first-order chi connectivity index (χ1) is 12.7. The second-order valence-corrected chi connectivity index (χ2v) is 7.30. The van der Waals surface area contributed by atoms with E-state index < -0.39 is 4.92 Å². The van der Waals surface area contributed by atoms with Crippen LogP contribution in [0.15, 0.2) is 36.5 Å². The molecule has 4 rings (SSSR count). The number of hydrogen-bond donors (Lipinski definition) is 0. The first-order valence-corrected chi connectivity index (χ1v) is 9.12. The van der Waals surface area contributed by atoms with Gasteiger partial charge in [0, 0.05) is 25.1 Å². The number of thiazole rings is 1. The van der Waals surface area contributed by atoms with E-state index in [1.165, 1.54) is 17.0 Å². The van der Waals surface area contributed by atoms with Crippen LogP contribution in [0.5, 0.6) is 0 Å². The molecule has 0 saturated carbocycles. The molecular weight excluding hydrogens is 350 g/mol. The van der Waals surface area contributed by atoms with Crippen molar-refractivity contribution >= 4 is 33.1 Å². The van der Waals surface area contributed by atoms with E-state index in [-0.39, 0.29) is 17.2 Å². The Hall–Kier alpha value is -3.05. The number of benzene rings is 1. The molecule has 3 aromatic rings. The molecule has 0 N–H and O–H groups in total. The Kier molecular flexibility index (Phi) is 4.22. The summed E-state index contributed by atoms with van der Waals surface area (Å²) < 4.78 is 1.17. The average Bonchev–Trinajstić information content (AvgIpc) is 3.12. The molecule has 1 aliphatic heterocycles. The maximum absolute atomic E-state index is 10.9.